The summed E-state index contributed by atoms with van der Waals surface area (Å²) in [7, 11) is 0. The molecule has 1 unspecified atom stereocenters. The van der Waals surface area contributed by atoms with Gasteiger partial charge in [0.15, 0.2) is 0 Å². The molecule has 1 aliphatic heterocycles. The van der Waals surface area contributed by atoms with Crippen molar-refractivity contribution < 1.29 is 13.9 Å². The number of carbonyl (C=O) groups is 1. The zero-order valence-corrected chi connectivity index (χ0v) is 25.5. The summed E-state index contributed by atoms with van der Waals surface area (Å²) in [5, 5.41) is 11.5. The molecule has 0 bridgehead atoms. The fourth-order valence-corrected chi connectivity index (χ4v) is 5.85. The third-order valence-corrected chi connectivity index (χ3v) is 8.35. The van der Waals surface area contributed by atoms with Crippen molar-refractivity contribution in [3.05, 3.63) is 141 Å². The third-order valence-electron chi connectivity index (χ3n) is 6.94. The number of amides is 1. The molecule has 0 saturated heterocycles. The number of nitrogens with zero attached hydrogens (tertiary/aromatic N) is 3. The first-order valence-corrected chi connectivity index (χ1v) is 15.4. The molecule has 5 aromatic rings. The van der Waals surface area contributed by atoms with Gasteiger partial charge in [-0.25, -0.2) is 9.07 Å². The quantitative estimate of drug-likeness (QED) is 0.157. The summed E-state index contributed by atoms with van der Waals surface area (Å²) in [6.45, 7) is 2.28. The van der Waals surface area contributed by atoms with Crippen LogP contribution in [0.2, 0.25) is 0 Å². The molecule has 0 spiro atoms. The molecule has 2 heterocycles. The van der Waals surface area contributed by atoms with Crippen LogP contribution in [0.15, 0.2) is 124 Å². The molecular formula is C33H27BrFN5O2S. The Kier molecular flexibility index (Phi) is 8.57. The highest BCUT2D eigenvalue weighted by molar-refractivity contribution is 9.10. The number of anilines is 2. The number of para-hydroxylation sites is 1. The second-order valence-corrected chi connectivity index (χ2v) is 11.8. The van der Waals surface area contributed by atoms with Gasteiger partial charge in [0.1, 0.15) is 24.2 Å². The van der Waals surface area contributed by atoms with E-state index < -0.39 is 6.04 Å². The highest BCUT2D eigenvalue weighted by atomic mass is 79.9. The Balaban J connectivity index is 1.29. The average Bonchev–Trinajstić information content (AvgIpc) is 3.43. The second-order valence-electron chi connectivity index (χ2n) is 9.91. The number of aromatic nitrogens is 3. The molecule has 1 atom stereocenters. The number of halogens is 2. The van der Waals surface area contributed by atoms with Crippen LogP contribution in [0.25, 0.3) is 0 Å². The molecule has 0 fully saturated rings. The average molecular weight is 657 g/mol. The van der Waals surface area contributed by atoms with Crippen molar-refractivity contribution in [2.24, 2.45) is 0 Å². The van der Waals surface area contributed by atoms with Crippen molar-refractivity contribution in [1.82, 2.24) is 14.8 Å². The highest BCUT2D eigenvalue weighted by Crippen LogP contribution is 2.37. The topological polar surface area (TPSA) is 81.1 Å². The number of benzene rings is 4. The largest absolute Gasteiger partial charge is 0.489 e. The summed E-state index contributed by atoms with van der Waals surface area (Å²) in [5.41, 5.74) is 4.33. The Morgan fingerprint density at radius 1 is 1.00 bits per heavy atom. The number of carbonyl (C=O) groups excluding carboxylic acids is 1. The molecule has 1 amide bonds. The van der Waals surface area contributed by atoms with Gasteiger partial charge in [0.05, 0.1) is 5.57 Å². The Bertz CT molecular complexity index is 1780. The minimum Gasteiger partial charge on any atom is -0.489 e. The van der Waals surface area contributed by atoms with Crippen LogP contribution in [0.5, 0.6) is 5.75 Å². The maximum atomic E-state index is 14.2. The molecule has 1 aliphatic rings. The number of thioether (sulfide) groups is 1. The minimum absolute atomic E-state index is 0.251. The predicted molar refractivity (Wildman–Crippen MR) is 170 cm³/mol. The number of rotatable bonds is 9. The fraction of sp³-hybridized carbons (Fsp3) is 0.121. The van der Waals surface area contributed by atoms with Gasteiger partial charge in [0.25, 0.3) is 5.91 Å². The molecule has 6 rings (SSSR count). The lowest BCUT2D eigenvalue weighted by Crippen LogP contribution is -2.31. The van der Waals surface area contributed by atoms with E-state index in [0.29, 0.717) is 51.7 Å². The van der Waals surface area contributed by atoms with Crippen LogP contribution in [-0.2, 0) is 17.2 Å². The van der Waals surface area contributed by atoms with E-state index in [2.05, 4.69) is 31.5 Å². The molecule has 0 radical (unpaired) electrons. The summed E-state index contributed by atoms with van der Waals surface area (Å²) >= 11 is 4.79. The summed E-state index contributed by atoms with van der Waals surface area (Å²) in [4.78, 5) is 18.4. The van der Waals surface area contributed by atoms with Gasteiger partial charge >= 0.3 is 0 Å². The summed E-state index contributed by atoms with van der Waals surface area (Å²) < 4.78 is 23.0. The Hall–Kier alpha value is -4.41. The van der Waals surface area contributed by atoms with Gasteiger partial charge in [-0.1, -0.05) is 88.4 Å². The molecular weight excluding hydrogens is 629 g/mol. The molecule has 216 valence electrons. The fourth-order valence-electron chi connectivity index (χ4n) is 4.77. The predicted octanol–water partition coefficient (Wildman–Crippen LogP) is 7.98. The maximum absolute atomic E-state index is 14.2. The Labute approximate surface area is 261 Å². The van der Waals surface area contributed by atoms with E-state index in [-0.39, 0.29) is 11.7 Å². The lowest BCUT2D eigenvalue weighted by atomic mass is 9.95. The first-order chi connectivity index (χ1) is 20.9. The zero-order valence-electron chi connectivity index (χ0n) is 23.1. The van der Waals surface area contributed by atoms with Crippen molar-refractivity contribution >= 4 is 45.2 Å². The minimum atomic E-state index is -0.559. The zero-order chi connectivity index (χ0) is 29.8. The van der Waals surface area contributed by atoms with Crippen LogP contribution in [0.3, 0.4) is 0 Å². The van der Waals surface area contributed by atoms with Gasteiger partial charge in [0.2, 0.25) is 11.1 Å². The van der Waals surface area contributed by atoms with Gasteiger partial charge in [-0.3, -0.25) is 4.79 Å². The molecule has 0 aliphatic carbocycles. The van der Waals surface area contributed by atoms with E-state index in [1.807, 2.05) is 85.8 Å². The first-order valence-electron chi connectivity index (χ1n) is 13.6. The van der Waals surface area contributed by atoms with Gasteiger partial charge < -0.3 is 15.4 Å². The van der Waals surface area contributed by atoms with Crippen LogP contribution in [0, 0.1) is 5.82 Å². The van der Waals surface area contributed by atoms with Crippen LogP contribution in [-0.4, -0.2) is 20.7 Å². The van der Waals surface area contributed by atoms with Crippen molar-refractivity contribution in [2.75, 3.05) is 10.6 Å². The first kappa shape index (κ1) is 28.7. The lowest BCUT2D eigenvalue weighted by molar-refractivity contribution is -0.113. The summed E-state index contributed by atoms with van der Waals surface area (Å²) in [5.74, 6) is 1.06. The van der Waals surface area contributed by atoms with Crippen LogP contribution in [0.1, 0.15) is 29.7 Å². The van der Waals surface area contributed by atoms with Gasteiger partial charge in [-0.15, -0.1) is 5.10 Å². The van der Waals surface area contributed by atoms with Crippen molar-refractivity contribution in [2.45, 2.75) is 30.5 Å². The molecule has 10 heteroatoms. The SMILES string of the molecule is CC1=C(C(=O)Nc2ccccc2)C(c2ccc(OCc3ccc(Br)cc3)cc2)n2nc(SCc3ccccc3F)nc2N1. The third kappa shape index (κ3) is 6.65. The number of fused-ring (bicyclic) bond motifs is 1. The number of allylic oxidation sites excluding steroid dienone is 1. The lowest BCUT2D eigenvalue weighted by Gasteiger charge is -2.28. The number of hydrogen-bond acceptors (Lipinski definition) is 6. The van der Waals surface area contributed by atoms with Gasteiger partial charge in [0, 0.05) is 21.6 Å². The molecule has 43 heavy (non-hydrogen) atoms. The molecule has 7 nitrogen and oxygen atoms in total. The summed E-state index contributed by atoms with van der Waals surface area (Å²) in [6.07, 6.45) is 0. The van der Waals surface area contributed by atoms with Gasteiger partial charge in [-0.05, 0) is 66.1 Å². The molecule has 4 aromatic carbocycles. The van der Waals surface area contributed by atoms with E-state index in [1.54, 1.807) is 22.9 Å². The van der Waals surface area contributed by atoms with Crippen LogP contribution in [0.4, 0.5) is 16.0 Å². The van der Waals surface area contributed by atoms with Gasteiger partial charge in [-0.2, -0.15) is 4.98 Å². The number of nitrogens with one attached hydrogen (secondary N) is 2. The number of hydrogen-bond donors (Lipinski definition) is 2. The van der Waals surface area contributed by atoms with E-state index >= 15 is 0 Å². The highest BCUT2D eigenvalue weighted by Gasteiger charge is 2.34. The monoisotopic (exact) mass is 655 g/mol. The molecule has 2 N–H and O–H groups in total. The maximum Gasteiger partial charge on any atom is 0.255 e. The van der Waals surface area contributed by atoms with Crippen molar-refractivity contribution in [3.8, 4) is 5.75 Å². The second kappa shape index (κ2) is 12.8. The number of ether oxygens (including phenoxy) is 1. The van der Waals surface area contributed by atoms with E-state index in [1.165, 1.54) is 17.8 Å². The van der Waals surface area contributed by atoms with Crippen LogP contribution >= 0.6 is 27.7 Å². The standard InChI is InChI=1S/C33H27BrFN5O2S/c1-21-29(31(41)37-26-8-3-2-4-9-26)30(23-13-17-27(18-14-23)42-19-22-11-15-25(34)16-12-22)40-32(36-21)38-33(39-40)43-20-24-7-5-6-10-28(24)35/h2-18,30H,19-20H2,1H3,(H,37,41)(H,36,38,39). The normalized spacial score (nSPS) is 14.2. The Morgan fingerprint density at radius 3 is 2.47 bits per heavy atom. The van der Waals surface area contributed by atoms with Crippen molar-refractivity contribution in [3.63, 3.8) is 0 Å². The molecule has 0 saturated carbocycles. The van der Waals surface area contributed by atoms with Crippen LogP contribution < -0.4 is 15.4 Å². The van der Waals surface area contributed by atoms with Crippen molar-refractivity contribution in [1.29, 1.82) is 0 Å². The smallest absolute Gasteiger partial charge is 0.255 e. The van der Waals surface area contributed by atoms with E-state index in [4.69, 9.17) is 9.84 Å². The van der Waals surface area contributed by atoms with E-state index in [9.17, 15) is 9.18 Å². The molecule has 1 aromatic heterocycles. The summed E-state index contributed by atoms with van der Waals surface area (Å²) in [6, 6.07) is 31.1. The van der Waals surface area contributed by atoms with E-state index in [0.717, 1.165) is 15.6 Å². The Morgan fingerprint density at radius 2 is 1.72 bits per heavy atom.